The molecule has 0 spiro atoms. The van der Waals surface area contributed by atoms with E-state index in [2.05, 4.69) is 56.9 Å². The molecule has 0 atom stereocenters. The molecule has 0 aliphatic rings. The second-order valence-electron chi connectivity index (χ2n) is 5.60. The average molecular weight is 259 g/mol. The maximum Gasteiger partial charge on any atom is 0.0340 e. The lowest BCUT2D eigenvalue weighted by molar-refractivity contribution is 0.621. The lowest BCUT2D eigenvalue weighted by Crippen LogP contribution is -2.13. The van der Waals surface area contributed by atoms with Crippen LogP contribution >= 0.6 is 0 Å². The van der Waals surface area contributed by atoms with E-state index in [1.54, 1.807) is 0 Å². The Bertz CT molecular complexity index is 379. The molecule has 0 fully saturated rings. The zero-order chi connectivity index (χ0) is 14.1. The van der Waals surface area contributed by atoms with E-state index in [1.165, 1.54) is 43.2 Å². The molecule has 0 bridgehead atoms. The van der Waals surface area contributed by atoms with Crippen molar-refractivity contribution in [3.05, 3.63) is 42.0 Å². The van der Waals surface area contributed by atoms with E-state index < -0.39 is 0 Å². The van der Waals surface area contributed by atoms with Crippen molar-refractivity contribution in [2.75, 3.05) is 6.54 Å². The van der Waals surface area contributed by atoms with Crippen LogP contribution in [-0.2, 0) is 0 Å². The monoisotopic (exact) mass is 259 g/mol. The molecule has 1 nitrogen and oxygen atoms in total. The van der Waals surface area contributed by atoms with Crippen LogP contribution in [0.5, 0.6) is 0 Å². The van der Waals surface area contributed by atoms with Gasteiger partial charge in [0.15, 0.2) is 0 Å². The first kappa shape index (κ1) is 15.8. The molecule has 1 heteroatoms. The van der Waals surface area contributed by atoms with Gasteiger partial charge in [0.2, 0.25) is 0 Å². The van der Waals surface area contributed by atoms with Crippen LogP contribution in [0.2, 0.25) is 0 Å². The van der Waals surface area contributed by atoms with Crippen LogP contribution in [0.1, 0.15) is 69.9 Å². The third-order valence-electron chi connectivity index (χ3n) is 3.52. The highest BCUT2D eigenvalue weighted by atomic mass is 14.9. The molecule has 0 aromatic heterocycles. The summed E-state index contributed by atoms with van der Waals surface area (Å²) in [6.45, 7) is 11.9. The first-order chi connectivity index (χ1) is 9.15. The molecule has 106 valence electrons. The smallest absolute Gasteiger partial charge is 0.0340 e. The van der Waals surface area contributed by atoms with Gasteiger partial charge in [-0.05, 0) is 29.5 Å². The van der Waals surface area contributed by atoms with Crippen molar-refractivity contribution in [3.63, 3.8) is 0 Å². The molecule has 1 aromatic rings. The molecule has 0 unspecified atom stereocenters. The molecule has 1 rings (SSSR count). The van der Waals surface area contributed by atoms with Gasteiger partial charge in [0, 0.05) is 12.2 Å². The Balaban J connectivity index is 2.35. The highest BCUT2D eigenvalue weighted by Crippen LogP contribution is 2.18. The zero-order valence-electron chi connectivity index (χ0n) is 12.8. The van der Waals surface area contributed by atoms with Gasteiger partial charge in [-0.25, -0.2) is 0 Å². The number of rotatable bonds is 9. The Kier molecular flexibility index (Phi) is 7.32. The second-order valence-corrected chi connectivity index (χ2v) is 5.60. The van der Waals surface area contributed by atoms with Crippen LogP contribution in [-0.4, -0.2) is 6.54 Å². The Labute approximate surface area is 119 Å². The highest BCUT2D eigenvalue weighted by molar-refractivity contribution is 5.62. The van der Waals surface area contributed by atoms with Crippen LogP contribution in [0.3, 0.4) is 0 Å². The molecule has 0 aliphatic heterocycles. The van der Waals surface area contributed by atoms with Crippen molar-refractivity contribution < 1.29 is 0 Å². The summed E-state index contributed by atoms with van der Waals surface area (Å²) >= 11 is 0. The fraction of sp³-hybridized carbons (Fsp3) is 0.556. The molecule has 1 aromatic carbocycles. The van der Waals surface area contributed by atoms with Gasteiger partial charge >= 0.3 is 0 Å². The second kappa shape index (κ2) is 8.79. The van der Waals surface area contributed by atoms with E-state index in [0.29, 0.717) is 5.92 Å². The standard InChI is InChI=1S/C18H29N/c1-5-6-7-8-9-13-19-16(4)18-12-10-11-17(14-18)15(2)3/h10-12,14-15,19H,4-9,13H2,1-3H3. The van der Waals surface area contributed by atoms with Gasteiger partial charge in [-0.3, -0.25) is 0 Å². The average Bonchev–Trinajstić information content (AvgIpc) is 2.42. The van der Waals surface area contributed by atoms with Crippen LogP contribution < -0.4 is 5.32 Å². The molecule has 19 heavy (non-hydrogen) atoms. The van der Waals surface area contributed by atoms with Gasteiger partial charge in [0.25, 0.3) is 0 Å². The van der Waals surface area contributed by atoms with E-state index in [4.69, 9.17) is 0 Å². The third-order valence-corrected chi connectivity index (χ3v) is 3.52. The van der Waals surface area contributed by atoms with Crippen LogP contribution in [0.25, 0.3) is 5.70 Å². The summed E-state index contributed by atoms with van der Waals surface area (Å²) in [5, 5.41) is 3.45. The summed E-state index contributed by atoms with van der Waals surface area (Å²) in [5.41, 5.74) is 3.65. The third kappa shape index (κ3) is 5.96. The Morgan fingerprint density at radius 2 is 1.89 bits per heavy atom. The molecule has 0 saturated carbocycles. The molecular weight excluding hydrogens is 230 g/mol. The summed E-state index contributed by atoms with van der Waals surface area (Å²) in [5.74, 6) is 0.571. The Morgan fingerprint density at radius 1 is 1.16 bits per heavy atom. The summed E-state index contributed by atoms with van der Waals surface area (Å²) in [7, 11) is 0. The fourth-order valence-electron chi connectivity index (χ4n) is 2.16. The maximum absolute atomic E-state index is 4.15. The SMILES string of the molecule is C=C(NCCCCCCC)c1cccc(C(C)C)c1. The summed E-state index contributed by atoms with van der Waals surface area (Å²) in [6, 6.07) is 8.69. The van der Waals surface area contributed by atoms with Crippen molar-refractivity contribution in [3.8, 4) is 0 Å². The quantitative estimate of drug-likeness (QED) is 0.590. The normalized spacial score (nSPS) is 10.7. The minimum absolute atomic E-state index is 0.571. The van der Waals surface area contributed by atoms with E-state index in [0.717, 1.165) is 12.2 Å². The number of hydrogen-bond acceptors (Lipinski definition) is 1. The first-order valence-electron chi connectivity index (χ1n) is 7.68. The molecule has 0 heterocycles. The number of benzene rings is 1. The topological polar surface area (TPSA) is 12.0 Å². The lowest BCUT2D eigenvalue weighted by atomic mass is 10.00. The molecule has 0 saturated heterocycles. The number of hydrogen-bond donors (Lipinski definition) is 1. The number of unbranched alkanes of at least 4 members (excludes halogenated alkanes) is 4. The minimum Gasteiger partial charge on any atom is -0.385 e. The molecule has 1 N–H and O–H groups in total. The predicted molar refractivity (Wildman–Crippen MR) is 86.3 cm³/mol. The van der Waals surface area contributed by atoms with Gasteiger partial charge < -0.3 is 5.32 Å². The minimum atomic E-state index is 0.571. The van der Waals surface area contributed by atoms with E-state index >= 15 is 0 Å². The predicted octanol–water partition coefficient (Wildman–Crippen LogP) is 5.34. The van der Waals surface area contributed by atoms with Crippen LogP contribution in [0.4, 0.5) is 0 Å². The number of nitrogens with one attached hydrogen (secondary N) is 1. The molecule has 0 aliphatic carbocycles. The van der Waals surface area contributed by atoms with Crippen molar-refractivity contribution >= 4 is 5.70 Å². The molecule has 0 radical (unpaired) electrons. The fourth-order valence-corrected chi connectivity index (χ4v) is 2.16. The molecule has 0 amide bonds. The largest absolute Gasteiger partial charge is 0.385 e. The summed E-state index contributed by atoms with van der Waals surface area (Å²) < 4.78 is 0. The first-order valence-corrected chi connectivity index (χ1v) is 7.68. The summed E-state index contributed by atoms with van der Waals surface area (Å²) in [6.07, 6.45) is 6.58. The highest BCUT2D eigenvalue weighted by Gasteiger charge is 2.02. The van der Waals surface area contributed by atoms with Crippen molar-refractivity contribution in [1.29, 1.82) is 0 Å². The van der Waals surface area contributed by atoms with Crippen molar-refractivity contribution in [1.82, 2.24) is 5.32 Å². The van der Waals surface area contributed by atoms with Gasteiger partial charge in [0.1, 0.15) is 0 Å². The van der Waals surface area contributed by atoms with Crippen molar-refractivity contribution in [2.45, 2.75) is 58.8 Å². The van der Waals surface area contributed by atoms with E-state index in [1.807, 2.05) is 0 Å². The Hall–Kier alpha value is -1.24. The van der Waals surface area contributed by atoms with Gasteiger partial charge in [-0.1, -0.05) is 71.2 Å². The van der Waals surface area contributed by atoms with Crippen LogP contribution in [0, 0.1) is 0 Å². The van der Waals surface area contributed by atoms with Crippen molar-refractivity contribution in [2.24, 2.45) is 0 Å². The van der Waals surface area contributed by atoms with Gasteiger partial charge in [0.05, 0.1) is 0 Å². The Morgan fingerprint density at radius 3 is 2.58 bits per heavy atom. The van der Waals surface area contributed by atoms with E-state index in [-0.39, 0.29) is 0 Å². The van der Waals surface area contributed by atoms with Crippen LogP contribution in [0.15, 0.2) is 30.8 Å². The lowest BCUT2D eigenvalue weighted by Gasteiger charge is -2.12. The zero-order valence-corrected chi connectivity index (χ0v) is 12.8. The maximum atomic E-state index is 4.15. The molecular formula is C18H29N. The van der Waals surface area contributed by atoms with Gasteiger partial charge in [-0.2, -0.15) is 0 Å². The van der Waals surface area contributed by atoms with Gasteiger partial charge in [-0.15, -0.1) is 0 Å². The van der Waals surface area contributed by atoms with E-state index in [9.17, 15) is 0 Å². The summed E-state index contributed by atoms with van der Waals surface area (Å²) in [4.78, 5) is 0.